The molecule has 2 aromatic heterocycles. The van der Waals surface area contributed by atoms with Crippen molar-refractivity contribution in [2.45, 2.75) is 18.9 Å². The highest BCUT2D eigenvalue weighted by Crippen LogP contribution is 2.24. The summed E-state index contributed by atoms with van der Waals surface area (Å²) in [5, 5.41) is 18.9. The number of nitrogens with zero attached hydrogens (tertiary/aromatic N) is 3. The highest BCUT2D eigenvalue weighted by Gasteiger charge is 2.27. The minimum Gasteiger partial charge on any atom is -0.481 e. The fraction of sp³-hybridized carbons (Fsp3) is 0.161. The van der Waals surface area contributed by atoms with E-state index in [4.69, 9.17) is 5.11 Å². The summed E-state index contributed by atoms with van der Waals surface area (Å²) in [4.78, 5) is 56.3. The van der Waals surface area contributed by atoms with Crippen LogP contribution in [-0.2, 0) is 9.59 Å². The summed E-state index contributed by atoms with van der Waals surface area (Å²) in [6.45, 7) is 0. The third-order valence-electron chi connectivity index (χ3n) is 6.14. The Labute approximate surface area is 242 Å². The molecule has 0 saturated carbocycles. The predicted octanol–water partition coefficient (Wildman–Crippen LogP) is 2.98. The van der Waals surface area contributed by atoms with Gasteiger partial charge in [0.15, 0.2) is 6.29 Å². The number of amides is 1. The number of likely N-dealkylation sites (N-methyl/N-ethyl adjacent to an activating group) is 1. The molecule has 2 heterocycles. The van der Waals surface area contributed by atoms with E-state index in [2.05, 4.69) is 33.1 Å². The summed E-state index contributed by atoms with van der Waals surface area (Å²) in [5.74, 6) is 7.76. The second-order valence-corrected chi connectivity index (χ2v) is 9.00. The molecule has 0 aliphatic heterocycles. The molecule has 0 radical (unpaired) electrons. The van der Waals surface area contributed by atoms with Crippen molar-refractivity contribution in [2.75, 3.05) is 14.1 Å². The van der Waals surface area contributed by atoms with Crippen LogP contribution in [0.5, 0.6) is 0 Å². The van der Waals surface area contributed by atoms with E-state index in [1.807, 2.05) is 24.3 Å². The molecule has 0 spiro atoms. The highest BCUT2D eigenvalue weighted by atomic mass is 16.4. The van der Waals surface area contributed by atoms with Gasteiger partial charge in [-0.3, -0.25) is 30.6 Å². The van der Waals surface area contributed by atoms with Gasteiger partial charge in [-0.05, 0) is 62.0 Å². The second kappa shape index (κ2) is 14.8. The number of aromatic nitrogens is 2. The van der Waals surface area contributed by atoms with E-state index in [0.717, 1.165) is 22.3 Å². The molecule has 0 aliphatic rings. The highest BCUT2D eigenvalue weighted by molar-refractivity contribution is 5.98. The van der Waals surface area contributed by atoms with Gasteiger partial charge < -0.3 is 15.1 Å². The monoisotopic (exact) mass is 567 g/mol. The third-order valence-corrected chi connectivity index (χ3v) is 6.14. The summed E-state index contributed by atoms with van der Waals surface area (Å²) in [6, 6.07) is 16.1. The molecule has 42 heavy (non-hydrogen) atoms. The van der Waals surface area contributed by atoms with Gasteiger partial charge in [0.1, 0.15) is 6.04 Å². The third kappa shape index (κ3) is 8.04. The van der Waals surface area contributed by atoms with Crippen molar-refractivity contribution < 1.29 is 29.4 Å². The molecular weight excluding hydrogens is 538 g/mol. The van der Waals surface area contributed by atoms with E-state index in [9.17, 15) is 24.3 Å². The Morgan fingerprint density at radius 3 is 2.17 bits per heavy atom. The summed E-state index contributed by atoms with van der Waals surface area (Å²) in [7, 11) is 2.99. The van der Waals surface area contributed by atoms with E-state index in [0.29, 0.717) is 27.7 Å². The van der Waals surface area contributed by atoms with Crippen LogP contribution in [0.3, 0.4) is 0 Å². The minimum absolute atomic E-state index is 0.193. The number of carboxylic acids is 2. The molecule has 1 atom stereocenters. The lowest BCUT2D eigenvalue weighted by atomic mass is 10.0. The van der Waals surface area contributed by atoms with E-state index < -0.39 is 23.9 Å². The number of aldehydes is 1. The van der Waals surface area contributed by atoms with Gasteiger partial charge in [-0.1, -0.05) is 24.0 Å². The summed E-state index contributed by atoms with van der Waals surface area (Å²) >= 11 is 0. The number of fused-ring (bicyclic) bond motifs is 1. The van der Waals surface area contributed by atoms with Crippen LogP contribution in [0.1, 0.15) is 44.7 Å². The standard InChI is InChI=1S/C30H23N3O6.CH6N2/c1-33(27(30(38)39)12-13-28(35)36)29(37)22-10-6-20(7-11-22)3-2-19-4-8-21(9-5-19)26-16-23(18-34)24-17-31-15-14-25(24)32-26;1-3-2/h4-11,14-18,27H,12-13H2,1H3,(H,35,36)(H,38,39);3H,2H2,1H3. The van der Waals surface area contributed by atoms with Gasteiger partial charge in [0.05, 0.1) is 11.2 Å². The molecular formula is C31H29N5O6. The van der Waals surface area contributed by atoms with Crippen LogP contribution in [0, 0.1) is 11.8 Å². The maximum absolute atomic E-state index is 12.7. The van der Waals surface area contributed by atoms with Crippen LogP contribution in [0.25, 0.3) is 22.2 Å². The quantitative estimate of drug-likeness (QED) is 0.107. The van der Waals surface area contributed by atoms with Gasteiger partial charge in [-0.2, -0.15) is 0 Å². The van der Waals surface area contributed by atoms with Crippen LogP contribution in [0.2, 0.25) is 0 Å². The summed E-state index contributed by atoms with van der Waals surface area (Å²) < 4.78 is 0. The van der Waals surface area contributed by atoms with Crippen LogP contribution < -0.4 is 11.3 Å². The summed E-state index contributed by atoms with van der Waals surface area (Å²) in [6.07, 6.45) is 3.48. The molecule has 0 aliphatic carbocycles. The zero-order valence-electron chi connectivity index (χ0n) is 22.9. The van der Waals surface area contributed by atoms with Crippen LogP contribution in [-0.4, -0.2) is 69.4 Å². The first kappa shape index (κ1) is 31.1. The van der Waals surface area contributed by atoms with E-state index in [1.165, 1.54) is 7.05 Å². The molecule has 11 nitrogen and oxygen atoms in total. The first-order valence-electron chi connectivity index (χ1n) is 12.7. The fourth-order valence-electron chi connectivity index (χ4n) is 3.99. The van der Waals surface area contributed by atoms with Crippen molar-refractivity contribution in [1.82, 2.24) is 20.3 Å². The van der Waals surface area contributed by atoms with Gasteiger partial charge >= 0.3 is 11.9 Å². The number of carboxylic acid groups (broad SMARTS) is 2. The average molecular weight is 568 g/mol. The Hall–Kier alpha value is -5.44. The predicted molar refractivity (Wildman–Crippen MR) is 156 cm³/mol. The fourth-order valence-corrected chi connectivity index (χ4v) is 3.99. The molecule has 1 amide bonds. The molecule has 2 aromatic carbocycles. The van der Waals surface area contributed by atoms with Crippen LogP contribution in [0.15, 0.2) is 73.1 Å². The smallest absolute Gasteiger partial charge is 0.326 e. The summed E-state index contributed by atoms with van der Waals surface area (Å²) in [5.41, 5.74) is 6.61. The molecule has 4 rings (SSSR count). The molecule has 214 valence electrons. The van der Waals surface area contributed by atoms with Gasteiger partial charge in [0.2, 0.25) is 0 Å². The Kier molecular flexibility index (Phi) is 11.0. The van der Waals surface area contributed by atoms with Crippen molar-refractivity contribution >= 4 is 35.0 Å². The van der Waals surface area contributed by atoms with Crippen molar-refractivity contribution in [3.05, 3.63) is 95.3 Å². The molecule has 4 aromatic rings. The zero-order valence-corrected chi connectivity index (χ0v) is 22.9. The SMILES string of the molecule is CN(C(=O)c1ccc(C#Cc2ccc(-c3cc(C=O)c4cnccc4n3)cc2)cc1)C(CCC(=O)O)C(=O)O.CNN. The number of nitrogens with two attached hydrogens (primary N) is 1. The van der Waals surface area contributed by atoms with Crippen molar-refractivity contribution in [1.29, 1.82) is 0 Å². The Balaban J connectivity index is 0.00000155. The number of carbonyl (C=O) groups is 4. The Bertz CT molecular complexity index is 1640. The van der Waals surface area contributed by atoms with E-state index in [-0.39, 0.29) is 18.4 Å². The van der Waals surface area contributed by atoms with Gasteiger partial charge in [0, 0.05) is 59.1 Å². The maximum atomic E-state index is 12.7. The Morgan fingerprint density at radius 2 is 1.62 bits per heavy atom. The first-order chi connectivity index (χ1) is 20.2. The maximum Gasteiger partial charge on any atom is 0.326 e. The molecule has 5 N–H and O–H groups in total. The Morgan fingerprint density at radius 1 is 1.02 bits per heavy atom. The number of pyridine rings is 2. The van der Waals surface area contributed by atoms with Crippen molar-refractivity contribution in [3.8, 4) is 23.1 Å². The lowest BCUT2D eigenvalue weighted by Crippen LogP contribution is -2.42. The molecule has 11 heteroatoms. The van der Waals surface area contributed by atoms with Crippen molar-refractivity contribution in [3.63, 3.8) is 0 Å². The number of benzene rings is 2. The number of carbonyl (C=O) groups excluding carboxylic acids is 2. The number of aliphatic carboxylic acids is 2. The normalized spacial score (nSPS) is 10.8. The number of nitrogens with one attached hydrogen (secondary N) is 1. The van der Waals surface area contributed by atoms with Crippen LogP contribution in [0.4, 0.5) is 0 Å². The van der Waals surface area contributed by atoms with Gasteiger partial charge in [-0.25, -0.2) is 9.78 Å². The van der Waals surface area contributed by atoms with E-state index >= 15 is 0 Å². The second-order valence-electron chi connectivity index (χ2n) is 9.00. The van der Waals surface area contributed by atoms with Crippen LogP contribution >= 0.6 is 0 Å². The first-order valence-corrected chi connectivity index (χ1v) is 12.7. The lowest BCUT2D eigenvalue weighted by Gasteiger charge is -2.24. The topological polar surface area (TPSA) is 176 Å². The molecule has 0 bridgehead atoms. The van der Waals surface area contributed by atoms with Crippen molar-refractivity contribution in [2.24, 2.45) is 5.84 Å². The number of hydrazine groups is 1. The average Bonchev–Trinajstić information content (AvgIpc) is 2.99. The number of hydrogen-bond donors (Lipinski definition) is 4. The lowest BCUT2D eigenvalue weighted by molar-refractivity contribution is -0.143. The largest absolute Gasteiger partial charge is 0.481 e. The van der Waals surface area contributed by atoms with Gasteiger partial charge in [0.25, 0.3) is 5.91 Å². The van der Waals surface area contributed by atoms with E-state index in [1.54, 1.807) is 55.8 Å². The molecule has 1 unspecified atom stereocenters. The number of rotatable bonds is 8. The number of hydrogen-bond acceptors (Lipinski definition) is 8. The van der Waals surface area contributed by atoms with Gasteiger partial charge in [-0.15, -0.1) is 0 Å². The molecule has 0 saturated heterocycles. The minimum atomic E-state index is -1.27. The molecule has 0 fully saturated rings. The zero-order chi connectivity index (χ0) is 30.6.